The number of rotatable bonds is 6. The number of carbonyl (C=O) groups excluding carboxylic acids is 1. The van der Waals surface area contributed by atoms with Crippen LogP contribution in [0.5, 0.6) is 0 Å². The van der Waals surface area contributed by atoms with Crippen LogP contribution in [0.2, 0.25) is 0 Å². The highest BCUT2D eigenvalue weighted by atomic mass is 32.1. The molecule has 1 atom stereocenters. The molecule has 148 valence electrons. The van der Waals surface area contributed by atoms with Crippen molar-refractivity contribution < 1.29 is 9.32 Å². The number of carbonyl (C=O) groups is 1. The van der Waals surface area contributed by atoms with Gasteiger partial charge in [0.15, 0.2) is 5.76 Å². The van der Waals surface area contributed by atoms with Gasteiger partial charge in [-0.1, -0.05) is 17.3 Å². The standard InChI is InChI=1S/C20H18N4O3S2/c1-12-9-15(27-23-12)14-10-19(26)24(22-20(14)17-6-4-8-29-17)11-18(25)21-13(2)16-5-3-7-28-16/h3-10,13H,11H2,1-2H3,(H,21,25)/t13-/m1/s1. The molecule has 0 bridgehead atoms. The molecule has 4 aromatic heterocycles. The van der Waals surface area contributed by atoms with Crippen molar-refractivity contribution in [3.05, 3.63) is 68.1 Å². The van der Waals surface area contributed by atoms with Crippen LogP contribution in [0.3, 0.4) is 0 Å². The molecule has 4 heterocycles. The number of nitrogens with one attached hydrogen (secondary N) is 1. The summed E-state index contributed by atoms with van der Waals surface area (Å²) in [6, 6.07) is 10.8. The molecule has 0 aliphatic heterocycles. The monoisotopic (exact) mass is 426 g/mol. The highest BCUT2D eigenvalue weighted by Crippen LogP contribution is 2.32. The second-order valence-corrected chi connectivity index (χ2v) is 8.44. The minimum Gasteiger partial charge on any atom is -0.356 e. The molecule has 1 amide bonds. The van der Waals surface area contributed by atoms with Crippen molar-refractivity contribution in [1.82, 2.24) is 20.3 Å². The summed E-state index contributed by atoms with van der Waals surface area (Å²) in [6.07, 6.45) is 0. The van der Waals surface area contributed by atoms with E-state index in [-0.39, 0.29) is 24.1 Å². The number of aromatic nitrogens is 3. The van der Waals surface area contributed by atoms with Gasteiger partial charge in [-0.25, -0.2) is 4.68 Å². The third-order valence-corrected chi connectivity index (χ3v) is 6.22. The molecule has 4 rings (SSSR count). The van der Waals surface area contributed by atoms with Crippen LogP contribution in [0.1, 0.15) is 23.5 Å². The topological polar surface area (TPSA) is 90.0 Å². The first-order chi connectivity index (χ1) is 14.0. The van der Waals surface area contributed by atoms with Crippen LogP contribution in [0.15, 0.2) is 56.5 Å². The van der Waals surface area contributed by atoms with Crippen molar-refractivity contribution in [3.63, 3.8) is 0 Å². The van der Waals surface area contributed by atoms with Crippen molar-refractivity contribution in [3.8, 4) is 21.9 Å². The van der Waals surface area contributed by atoms with Crippen molar-refractivity contribution in [2.45, 2.75) is 26.4 Å². The van der Waals surface area contributed by atoms with Crippen LogP contribution in [0.4, 0.5) is 0 Å². The lowest BCUT2D eigenvalue weighted by Gasteiger charge is -2.13. The molecule has 0 unspecified atom stereocenters. The average Bonchev–Trinajstić information content (AvgIpc) is 3.45. The van der Waals surface area contributed by atoms with Gasteiger partial charge < -0.3 is 9.84 Å². The number of hydrogen-bond donors (Lipinski definition) is 1. The van der Waals surface area contributed by atoms with E-state index in [9.17, 15) is 9.59 Å². The minimum atomic E-state index is -0.381. The normalized spacial score (nSPS) is 12.1. The fourth-order valence-electron chi connectivity index (χ4n) is 2.91. The first-order valence-electron chi connectivity index (χ1n) is 8.94. The summed E-state index contributed by atoms with van der Waals surface area (Å²) in [5, 5.41) is 15.2. The van der Waals surface area contributed by atoms with Crippen LogP contribution in [-0.2, 0) is 11.3 Å². The SMILES string of the molecule is Cc1cc(-c2cc(=O)n(CC(=O)N[C@H](C)c3cccs3)nc2-c2cccs2)on1. The molecule has 0 spiro atoms. The summed E-state index contributed by atoms with van der Waals surface area (Å²) in [5.74, 6) is 0.194. The van der Waals surface area contributed by atoms with Crippen molar-refractivity contribution >= 4 is 28.6 Å². The van der Waals surface area contributed by atoms with E-state index in [4.69, 9.17) is 4.52 Å². The average molecular weight is 427 g/mol. The smallest absolute Gasteiger partial charge is 0.268 e. The minimum absolute atomic E-state index is 0.133. The van der Waals surface area contributed by atoms with Gasteiger partial charge in [-0.3, -0.25) is 9.59 Å². The zero-order valence-electron chi connectivity index (χ0n) is 15.8. The second kappa shape index (κ2) is 8.14. The Kier molecular flexibility index (Phi) is 5.41. The Labute approximate surface area is 174 Å². The van der Waals surface area contributed by atoms with Crippen LogP contribution in [0.25, 0.3) is 21.9 Å². The number of aryl methyl sites for hydroxylation is 1. The maximum atomic E-state index is 12.7. The number of thiophene rings is 2. The van der Waals surface area contributed by atoms with E-state index < -0.39 is 0 Å². The fourth-order valence-corrected chi connectivity index (χ4v) is 4.37. The Bertz CT molecular complexity index is 1180. The van der Waals surface area contributed by atoms with Crippen molar-refractivity contribution in [1.29, 1.82) is 0 Å². The van der Waals surface area contributed by atoms with E-state index in [2.05, 4.69) is 15.6 Å². The molecule has 0 aliphatic rings. The second-order valence-electron chi connectivity index (χ2n) is 6.52. The predicted molar refractivity (Wildman–Crippen MR) is 113 cm³/mol. The molecule has 1 N–H and O–H groups in total. The molecule has 0 saturated carbocycles. The van der Waals surface area contributed by atoms with E-state index in [0.29, 0.717) is 22.7 Å². The van der Waals surface area contributed by atoms with Crippen LogP contribution in [0, 0.1) is 6.92 Å². The number of hydrogen-bond acceptors (Lipinski definition) is 7. The third kappa shape index (κ3) is 4.20. The van der Waals surface area contributed by atoms with E-state index in [0.717, 1.165) is 9.75 Å². The Morgan fingerprint density at radius 1 is 1.24 bits per heavy atom. The quantitative estimate of drug-likeness (QED) is 0.505. The molecule has 0 aliphatic carbocycles. The molecule has 0 fully saturated rings. The van der Waals surface area contributed by atoms with Crippen molar-refractivity contribution in [2.24, 2.45) is 0 Å². The third-order valence-electron chi connectivity index (χ3n) is 4.29. The van der Waals surface area contributed by atoms with Gasteiger partial charge in [0.2, 0.25) is 5.91 Å². The summed E-state index contributed by atoms with van der Waals surface area (Å²) < 4.78 is 6.53. The summed E-state index contributed by atoms with van der Waals surface area (Å²) in [7, 11) is 0. The van der Waals surface area contributed by atoms with Crippen LogP contribution < -0.4 is 10.9 Å². The number of nitrogens with zero attached hydrogens (tertiary/aromatic N) is 3. The van der Waals surface area contributed by atoms with Gasteiger partial charge in [0.1, 0.15) is 12.2 Å². The van der Waals surface area contributed by atoms with Crippen LogP contribution >= 0.6 is 22.7 Å². The van der Waals surface area contributed by atoms with Crippen molar-refractivity contribution in [2.75, 3.05) is 0 Å². The Balaban J connectivity index is 1.65. The fraction of sp³-hybridized carbons (Fsp3) is 0.200. The summed E-state index contributed by atoms with van der Waals surface area (Å²) >= 11 is 3.07. The molecule has 4 aromatic rings. The Morgan fingerprint density at radius 3 is 2.69 bits per heavy atom. The van der Waals surface area contributed by atoms with E-state index >= 15 is 0 Å². The first-order valence-corrected chi connectivity index (χ1v) is 10.7. The summed E-state index contributed by atoms with van der Waals surface area (Å²) in [6.45, 7) is 3.56. The largest absolute Gasteiger partial charge is 0.356 e. The highest BCUT2D eigenvalue weighted by Gasteiger charge is 2.19. The van der Waals surface area contributed by atoms with E-state index in [1.165, 1.54) is 22.1 Å². The van der Waals surface area contributed by atoms with Gasteiger partial charge in [0, 0.05) is 17.0 Å². The summed E-state index contributed by atoms with van der Waals surface area (Å²) in [5.41, 5.74) is 1.47. The first kappa shape index (κ1) is 19.3. The van der Waals surface area contributed by atoms with E-state index in [1.807, 2.05) is 48.9 Å². The number of amides is 1. The molecule has 0 radical (unpaired) electrons. The van der Waals surface area contributed by atoms with Gasteiger partial charge >= 0.3 is 0 Å². The molecular weight excluding hydrogens is 408 g/mol. The van der Waals surface area contributed by atoms with Gasteiger partial charge in [0.05, 0.1) is 22.2 Å². The molecule has 0 aromatic carbocycles. The van der Waals surface area contributed by atoms with Crippen LogP contribution in [-0.4, -0.2) is 20.8 Å². The highest BCUT2D eigenvalue weighted by molar-refractivity contribution is 7.13. The van der Waals surface area contributed by atoms with Gasteiger partial charge in [-0.05, 0) is 36.7 Å². The Morgan fingerprint density at radius 2 is 2.03 bits per heavy atom. The lowest BCUT2D eigenvalue weighted by molar-refractivity contribution is -0.122. The van der Waals surface area contributed by atoms with Gasteiger partial charge in [0.25, 0.3) is 5.56 Å². The lowest BCUT2D eigenvalue weighted by atomic mass is 10.1. The Hall–Kier alpha value is -3.04. The molecule has 29 heavy (non-hydrogen) atoms. The lowest BCUT2D eigenvalue weighted by Crippen LogP contribution is -2.34. The van der Waals surface area contributed by atoms with Gasteiger partial charge in [-0.15, -0.1) is 22.7 Å². The predicted octanol–water partition coefficient (Wildman–Crippen LogP) is 3.87. The molecule has 9 heteroatoms. The maximum absolute atomic E-state index is 12.7. The van der Waals surface area contributed by atoms with Gasteiger partial charge in [-0.2, -0.15) is 5.10 Å². The zero-order valence-corrected chi connectivity index (χ0v) is 17.4. The molecular formula is C20H18N4O3S2. The summed E-state index contributed by atoms with van der Waals surface area (Å²) in [4.78, 5) is 27.1. The molecule has 7 nitrogen and oxygen atoms in total. The maximum Gasteiger partial charge on any atom is 0.268 e. The zero-order chi connectivity index (χ0) is 20.4. The molecule has 0 saturated heterocycles. The van der Waals surface area contributed by atoms with E-state index in [1.54, 1.807) is 17.4 Å².